The van der Waals surface area contributed by atoms with E-state index in [0.717, 1.165) is 17.0 Å². The molecule has 0 saturated carbocycles. The number of fused-ring (bicyclic) bond motifs is 1. The normalized spacial score (nSPS) is 12.0. The molecule has 2 aromatic carbocycles. The second kappa shape index (κ2) is 8.51. The molecule has 2 aromatic heterocycles. The van der Waals surface area contributed by atoms with Gasteiger partial charge >= 0.3 is 0 Å². The number of halogens is 2. The molecule has 1 atom stereocenters. The molecular weight excluding hydrogens is 447 g/mol. The Hall–Kier alpha value is -2.81. The van der Waals surface area contributed by atoms with Crippen LogP contribution >= 0.6 is 34.5 Å². The molecule has 0 fully saturated rings. The zero-order valence-corrected chi connectivity index (χ0v) is 18.3. The predicted octanol–water partition coefficient (Wildman–Crippen LogP) is 5.18. The molecule has 0 aliphatic carbocycles. The van der Waals surface area contributed by atoms with E-state index < -0.39 is 12.0 Å². The first-order valence-electron chi connectivity index (χ1n) is 8.86. The van der Waals surface area contributed by atoms with Crippen LogP contribution in [0.3, 0.4) is 0 Å². The van der Waals surface area contributed by atoms with Gasteiger partial charge in [-0.2, -0.15) is 4.98 Å². The van der Waals surface area contributed by atoms with Crippen LogP contribution in [-0.4, -0.2) is 33.7 Å². The van der Waals surface area contributed by atoms with E-state index in [0.29, 0.717) is 20.8 Å². The molecule has 154 valence electrons. The average molecular weight is 463 g/mol. The van der Waals surface area contributed by atoms with E-state index in [4.69, 9.17) is 32.7 Å². The highest BCUT2D eigenvalue weighted by Crippen LogP contribution is 2.29. The summed E-state index contributed by atoms with van der Waals surface area (Å²) in [5.74, 6) is 0.894. The van der Waals surface area contributed by atoms with Crippen LogP contribution in [0.5, 0.6) is 11.5 Å². The second-order valence-electron chi connectivity index (χ2n) is 6.31. The van der Waals surface area contributed by atoms with Gasteiger partial charge in [-0.3, -0.25) is 10.1 Å². The number of hydrogen-bond acceptors (Lipinski definition) is 6. The molecule has 2 heterocycles. The van der Waals surface area contributed by atoms with E-state index in [1.54, 1.807) is 36.7 Å². The Morgan fingerprint density at radius 3 is 2.83 bits per heavy atom. The Morgan fingerprint density at radius 1 is 1.23 bits per heavy atom. The highest BCUT2D eigenvalue weighted by atomic mass is 35.5. The van der Waals surface area contributed by atoms with Gasteiger partial charge in [0.25, 0.3) is 11.9 Å². The predicted molar refractivity (Wildman–Crippen MR) is 118 cm³/mol. The number of aromatic nitrogens is 3. The average Bonchev–Trinajstić information content (AvgIpc) is 3.30. The number of ether oxygens (including phenoxy) is 2. The molecule has 0 aliphatic heterocycles. The lowest BCUT2D eigenvalue weighted by atomic mass is 10.2. The van der Waals surface area contributed by atoms with Crippen LogP contribution in [0.2, 0.25) is 10.0 Å². The third kappa shape index (κ3) is 4.21. The molecule has 4 aromatic rings. The number of carbonyl (C=O) groups is 1. The number of rotatable bonds is 6. The fourth-order valence-electron chi connectivity index (χ4n) is 2.74. The quantitative estimate of drug-likeness (QED) is 0.427. The van der Waals surface area contributed by atoms with E-state index in [-0.39, 0.29) is 5.95 Å². The number of anilines is 1. The summed E-state index contributed by atoms with van der Waals surface area (Å²) in [4.78, 5) is 17.5. The first-order valence-corrected chi connectivity index (χ1v) is 10.5. The molecule has 0 bridgehead atoms. The minimum atomic E-state index is -0.817. The molecule has 0 radical (unpaired) electrons. The molecular formula is C20H16Cl2N4O3S. The summed E-state index contributed by atoms with van der Waals surface area (Å²) in [6.07, 6.45) is -0.817. The molecule has 1 amide bonds. The zero-order valence-electron chi connectivity index (χ0n) is 15.9. The maximum absolute atomic E-state index is 12.5. The second-order valence-corrected chi connectivity index (χ2v) is 7.99. The summed E-state index contributed by atoms with van der Waals surface area (Å²) in [7, 11) is 1.62. The highest BCUT2D eigenvalue weighted by molar-refractivity contribution is 7.15. The third-order valence-electron chi connectivity index (χ3n) is 4.25. The molecule has 0 spiro atoms. The zero-order chi connectivity index (χ0) is 21.3. The largest absolute Gasteiger partial charge is 0.497 e. The van der Waals surface area contributed by atoms with Crippen LogP contribution in [0.15, 0.2) is 47.8 Å². The van der Waals surface area contributed by atoms with E-state index in [1.165, 1.54) is 11.3 Å². The fraction of sp³-hybridized carbons (Fsp3) is 0.150. The molecule has 1 unspecified atom stereocenters. The number of carbonyl (C=O) groups excluding carboxylic acids is 1. The Kier molecular flexibility index (Phi) is 5.80. The molecule has 30 heavy (non-hydrogen) atoms. The summed E-state index contributed by atoms with van der Waals surface area (Å²) >= 11 is 13.4. The van der Waals surface area contributed by atoms with Crippen molar-refractivity contribution in [1.82, 2.24) is 14.6 Å². The highest BCUT2D eigenvalue weighted by Gasteiger charge is 2.19. The Labute approximate surface area is 186 Å². The first kappa shape index (κ1) is 20.5. The Morgan fingerprint density at radius 2 is 2.07 bits per heavy atom. The van der Waals surface area contributed by atoms with Crippen molar-refractivity contribution in [2.75, 3.05) is 12.4 Å². The van der Waals surface area contributed by atoms with E-state index in [9.17, 15) is 4.79 Å². The van der Waals surface area contributed by atoms with E-state index in [1.807, 2.05) is 29.6 Å². The van der Waals surface area contributed by atoms with Crippen molar-refractivity contribution in [3.63, 3.8) is 0 Å². The van der Waals surface area contributed by atoms with E-state index in [2.05, 4.69) is 15.4 Å². The van der Waals surface area contributed by atoms with Crippen LogP contribution in [0.25, 0.3) is 16.2 Å². The standard InChI is InChI=1S/C20H16Cl2N4O3S/c1-11(29-17-7-6-13(21)9-15(17)22)18(27)23-19-24-20-26(25-19)16(10-30-20)12-4-3-5-14(8-12)28-2/h3-11H,1-2H3,(H,23,25,27). The third-order valence-corrected chi connectivity index (χ3v) is 5.60. The van der Waals surface area contributed by atoms with Gasteiger partial charge in [0.1, 0.15) is 11.5 Å². The summed E-state index contributed by atoms with van der Waals surface area (Å²) in [5.41, 5.74) is 1.77. The number of methoxy groups -OCH3 is 1. The van der Waals surface area contributed by atoms with Gasteiger partial charge in [-0.1, -0.05) is 35.3 Å². The van der Waals surface area contributed by atoms with Gasteiger partial charge in [0, 0.05) is 16.0 Å². The maximum Gasteiger partial charge on any atom is 0.267 e. The van der Waals surface area contributed by atoms with Crippen LogP contribution in [0.1, 0.15) is 6.92 Å². The first-order chi connectivity index (χ1) is 14.4. The van der Waals surface area contributed by atoms with Crippen LogP contribution in [0, 0.1) is 0 Å². The minimum absolute atomic E-state index is 0.189. The Bertz CT molecular complexity index is 1220. The topological polar surface area (TPSA) is 77.8 Å². The number of amides is 1. The number of hydrogen-bond donors (Lipinski definition) is 1. The van der Waals surface area contributed by atoms with Gasteiger partial charge < -0.3 is 9.47 Å². The van der Waals surface area contributed by atoms with Crippen molar-refractivity contribution >= 4 is 51.4 Å². The van der Waals surface area contributed by atoms with Crippen molar-refractivity contribution < 1.29 is 14.3 Å². The number of nitrogens with zero attached hydrogens (tertiary/aromatic N) is 3. The van der Waals surface area contributed by atoms with Crippen LogP contribution in [-0.2, 0) is 4.79 Å². The molecule has 10 heteroatoms. The summed E-state index contributed by atoms with van der Waals surface area (Å²) in [6, 6.07) is 12.4. The summed E-state index contributed by atoms with van der Waals surface area (Å²) in [5, 5.41) is 9.84. The molecule has 0 aliphatic rings. The molecule has 7 nitrogen and oxygen atoms in total. The van der Waals surface area contributed by atoms with Gasteiger partial charge in [-0.05, 0) is 37.3 Å². The number of benzene rings is 2. The lowest BCUT2D eigenvalue weighted by molar-refractivity contribution is -0.122. The Balaban J connectivity index is 1.51. The van der Waals surface area contributed by atoms with Crippen LogP contribution < -0.4 is 14.8 Å². The smallest absolute Gasteiger partial charge is 0.267 e. The monoisotopic (exact) mass is 462 g/mol. The number of nitrogens with one attached hydrogen (secondary N) is 1. The maximum atomic E-state index is 12.5. The van der Waals surface area contributed by atoms with Crippen molar-refractivity contribution in [3.8, 4) is 22.8 Å². The van der Waals surface area contributed by atoms with Gasteiger partial charge in [0.05, 0.1) is 17.8 Å². The molecule has 1 N–H and O–H groups in total. The lowest BCUT2D eigenvalue weighted by Gasteiger charge is -2.14. The number of thiazole rings is 1. The van der Waals surface area contributed by atoms with Crippen LogP contribution in [0.4, 0.5) is 5.95 Å². The van der Waals surface area contributed by atoms with E-state index >= 15 is 0 Å². The molecule has 4 rings (SSSR count). The van der Waals surface area contributed by atoms with Gasteiger partial charge in [-0.25, -0.2) is 4.52 Å². The van der Waals surface area contributed by atoms with Crippen molar-refractivity contribution in [2.24, 2.45) is 0 Å². The summed E-state index contributed by atoms with van der Waals surface area (Å²) < 4.78 is 12.6. The SMILES string of the molecule is COc1cccc(-c2csc3nc(NC(=O)C(C)Oc4ccc(Cl)cc4Cl)nn23)c1. The van der Waals surface area contributed by atoms with Gasteiger partial charge in [-0.15, -0.1) is 16.4 Å². The fourth-order valence-corrected chi connectivity index (χ4v) is 4.03. The molecule has 0 saturated heterocycles. The van der Waals surface area contributed by atoms with Crippen molar-refractivity contribution in [3.05, 3.63) is 57.9 Å². The van der Waals surface area contributed by atoms with Crippen molar-refractivity contribution in [1.29, 1.82) is 0 Å². The summed E-state index contributed by atoms with van der Waals surface area (Å²) in [6.45, 7) is 1.61. The van der Waals surface area contributed by atoms with Crippen molar-refractivity contribution in [2.45, 2.75) is 13.0 Å². The van der Waals surface area contributed by atoms with Gasteiger partial charge in [0.15, 0.2) is 6.10 Å². The lowest BCUT2D eigenvalue weighted by Crippen LogP contribution is -2.30. The minimum Gasteiger partial charge on any atom is -0.497 e. The van der Waals surface area contributed by atoms with Gasteiger partial charge in [0.2, 0.25) is 4.96 Å².